The van der Waals surface area contributed by atoms with Crippen molar-refractivity contribution in [3.05, 3.63) is 48.3 Å². The molecule has 0 unspecified atom stereocenters. The lowest BCUT2D eigenvalue weighted by Gasteiger charge is -2.13. The van der Waals surface area contributed by atoms with E-state index in [1.807, 2.05) is 6.07 Å². The highest BCUT2D eigenvalue weighted by molar-refractivity contribution is 5.68. The molecule has 0 radical (unpaired) electrons. The van der Waals surface area contributed by atoms with Crippen molar-refractivity contribution < 1.29 is 15.0 Å². The zero-order valence-electron chi connectivity index (χ0n) is 9.02. The molecule has 0 saturated carbocycles. The van der Waals surface area contributed by atoms with Crippen molar-refractivity contribution in [2.24, 2.45) is 0 Å². The molecular formula is C12H12N2O3. The van der Waals surface area contributed by atoms with E-state index in [1.54, 1.807) is 41.3 Å². The Morgan fingerprint density at radius 2 is 2.12 bits per heavy atom. The van der Waals surface area contributed by atoms with Gasteiger partial charge >= 0.3 is 5.97 Å². The first-order chi connectivity index (χ1) is 8.18. The second-order valence-corrected chi connectivity index (χ2v) is 3.62. The fraction of sp³-hybridized carbons (Fsp3) is 0.167. The van der Waals surface area contributed by atoms with Gasteiger partial charge in [0.05, 0.1) is 18.2 Å². The molecule has 1 aromatic heterocycles. The number of hydrogen-bond acceptors (Lipinski definition) is 3. The van der Waals surface area contributed by atoms with Crippen LogP contribution in [0.5, 0.6) is 0 Å². The molecule has 0 amide bonds. The van der Waals surface area contributed by atoms with Crippen molar-refractivity contribution in [1.29, 1.82) is 0 Å². The van der Waals surface area contributed by atoms with Gasteiger partial charge in [-0.3, -0.25) is 4.79 Å². The summed E-state index contributed by atoms with van der Waals surface area (Å²) in [5.74, 6) is -1.03. The Labute approximate surface area is 97.9 Å². The molecule has 5 heteroatoms. The van der Waals surface area contributed by atoms with Crippen molar-refractivity contribution in [3.63, 3.8) is 0 Å². The van der Waals surface area contributed by atoms with Crippen molar-refractivity contribution in [2.75, 3.05) is 0 Å². The average molecular weight is 232 g/mol. The zero-order chi connectivity index (χ0) is 12.3. The van der Waals surface area contributed by atoms with Gasteiger partial charge in [-0.2, -0.15) is 5.10 Å². The molecule has 5 nitrogen and oxygen atoms in total. The van der Waals surface area contributed by atoms with Gasteiger partial charge in [0.2, 0.25) is 0 Å². The van der Waals surface area contributed by atoms with Crippen LogP contribution >= 0.6 is 0 Å². The second kappa shape index (κ2) is 4.80. The van der Waals surface area contributed by atoms with E-state index >= 15 is 0 Å². The number of rotatable bonds is 4. The van der Waals surface area contributed by atoms with Crippen molar-refractivity contribution >= 4 is 5.97 Å². The predicted octanol–water partition coefficient (Wildman–Crippen LogP) is 1.38. The quantitative estimate of drug-likeness (QED) is 0.835. The number of aromatic nitrogens is 2. The first-order valence-electron chi connectivity index (χ1n) is 5.17. The molecule has 0 aliphatic rings. The molecule has 1 heterocycles. The maximum absolute atomic E-state index is 10.6. The Hall–Kier alpha value is -2.14. The molecule has 0 saturated heterocycles. The number of nitrogens with zero attached hydrogens (tertiary/aromatic N) is 2. The molecule has 0 fully saturated rings. The van der Waals surface area contributed by atoms with E-state index in [0.717, 1.165) is 0 Å². The van der Waals surface area contributed by atoms with Crippen LogP contribution in [0.4, 0.5) is 0 Å². The van der Waals surface area contributed by atoms with Gasteiger partial charge in [0.15, 0.2) is 0 Å². The number of carboxylic acid groups (broad SMARTS) is 1. The summed E-state index contributed by atoms with van der Waals surface area (Å²) >= 11 is 0. The van der Waals surface area contributed by atoms with E-state index in [-0.39, 0.29) is 6.42 Å². The number of para-hydroxylation sites is 1. The van der Waals surface area contributed by atoms with Crippen molar-refractivity contribution in [3.8, 4) is 5.69 Å². The minimum absolute atomic E-state index is 0.321. The molecule has 2 N–H and O–H groups in total. The van der Waals surface area contributed by atoms with Gasteiger partial charge in [-0.1, -0.05) is 18.2 Å². The fourth-order valence-corrected chi connectivity index (χ4v) is 1.66. The van der Waals surface area contributed by atoms with Crippen LogP contribution in [0.2, 0.25) is 0 Å². The molecule has 0 bridgehead atoms. The Bertz CT molecular complexity index is 508. The molecule has 0 spiro atoms. The summed E-state index contributed by atoms with van der Waals surface area (Å²) in [7, 11) is 0. The normalized spacial score (nSPS) is 12.3. The highest BCUT2D eigenvalue weighted by atomic mass is 16.4. The Morgan fingerprint density at radius 3 is 2.76 bits per heavy atom. The summed E-state index contributed by atoms with van der Waals surface area (Å²) in [5.41, 5.74) is 1.24. The number of carboxylic acids is 1. The van der Waals surface area contributed by atoms with E-state index in [4.69, 9.17) is 5.11 Å². The number of aliphatic hydroxyl groups excluding tert-OH is 1. The van der Waals surface area contributed by atoms with Crippen LogP contribution in [0.3, 0.4) is 0 Å². The maximum Gasteiger partial charge on any atom is 0.306 e. The van der Waals surface area contributed by atoms with Crippen LogP contribution < -0.4 is 0 Å². The number of benzene rings is 1. The third-order valence-electron chi connectivity index (χ3n) is 2.41. The van der Waals surface area contributed by atoms with Crippen molar-refractivity contribution in [2.45, 2.75) is 12.5 Å². The first-order valence-corrected chi connectivity index (χ1v) is 5.17. The monoisotopic (exact) mass is 232 g/mol. The number of aliphatic carboxylic acids is 1. The number of hydrogen-bond donors (Lipinski definition) is 2. The van der Waals surface area contributed by atoms with Crippen LogP contribution in [0.1, 0.15) is 18.1 Å². The van der Waals surface area contributed by atoms with Gasteiger partial charge in [0.25, 0.3) is 0 Å². The van der Waals surface area contributed by atoms with E-state index in [2.05, 4.69) is 5.10 Å². The largest absolute Gasteiger partial charge is 0.481 e. The smallest absolute Gasteiger partial charge is 0.306 e. The SMILES string of the molecule is O=C(O)C[C@H](O)c1ccccc1-n1cccn1. The lowest BCUT2D eigenvalue weighted by molar-refractivity contribution is -0.139. The topological polar surface area (TPSA) is 75.3 Å². The molecule has 2 aromatic rings. The van der Waals surface area contributed by atoms with Gasteiger partial charge in [0.1, 0.15) is 0 Å². The summed E-state index contributed by atoms with van der Waals surface area (Å²) in [6.45, 7) is 0. The third kappa shape index (κ3) is 2.51. The van der Waals surface area contributed by atoms with Crippen LogP contribution in [0, 0.1) is 0 Å². The highest BCUT2D eigenvalue weighted by Gasteiger charge is 2.16. The Morgan fingerprint density at radius 1 is 1.35 bits per heavy atom. The molecule has 2 rings (SSSR count). The molecule has 1 aromatic carbocycles. The lowest BCUT2D eigenvalue weighted by atomic mass is 10.0. The summed E-state index contributed by atoms with van der Waals surface area (Å²) in [4.78, 5) is 10.6. The van der Waals surface area contributed by atoms with Gasteiger partial charge < -0.3 is 10.2 Å². The van der Waals surface area contributed by atoms with Gasteiger partial charge in [0, 0.05) is 18.0 Å². The molecule has 1 atom stereocenters. The van der Waals surface area contributed by atoms with Gasteiger partial charge in [-0.05, 0) is 12.1 Å². The number of aliphatic hydroxyl groups is 1. The van der Waals surface area contributed by atoms with Crippen LogP contribution in [-0.2, 0) is 4.79 Å². The summed E-state index contributed by atoms with van der Waals surface area (Å²) in [6, 6.07) is 8.82. The molecule has 88 valence electrons. The molecule has 0 aliphatic heterocycles. The number of carbonyl (C=O) groups is 1. The zero-order valence-corrected chi connectivity index (χ0v) is 9.02. The minimum Gasteiger partial charge on any atom is -0.481 e. The van der Waals surface area contributed by atoms with Crippen LogP contribution in [0.25, 0.3) is 5.69 Å². The standard InChI is InChI=1S/C12H12N2O3/c15-11(8-12(16)17)9-4-1-2-5-10(9)14-7-3-6-13-14/h1-7,11,15H,8H2,(H,16,17)/t11-/m0/s1. The Balaban J connectivity index is 2.37. The van der Waals surface area contributed by atoms with E-state index in [0.29, 0.717) is 11.3 Å². The van der Waals surface area contributed by atoms with Gasteiger partial charge in [-0.15, -0.1) is 0 Å². The van der Waals surface area contributed by atoms with Crippen molar-refractivity contribution in [1.82, 2.24) is 9.78 Å². The van der Waals surface area contributed by atoms with E-state index in [9.17, 15) is 9.90 Å². The summed E-state index contributed by atoms with van der Waals surface area (Å²) < 4.78 is 1.60. The Kier molecular flexibility index (Phi) is 3.20. The lowest BCUT2D eigenvalue weighted by Crippen LogP contribution is -2.09. The second-order valence-electron chi connectivity index (χ2n) is 3.62. The van der Waals surface area contributed by atoms with E-state index < -0.39 is 12.1 Å². The predicted molar refractivity (Wildman–Crippen MR) is 60.8 cm³/mol. The van der Waals surface area contributed by atoms with Gasteiger partial charge in [-0.25, -0.2) is 4.68 Å². The highest BCUT2D eigenvalue weighted by Crippen LogP contribution is 2.23. The first kappa shape index (κ1) is 11.3. The van der Waals surface area contributed by atoms with Crippen LogP contribution in [0.15, 0.2) is 42.7 Å². The third-order valence-corrected chi connectivity index (χ3v) is 2.41. The minimum atomic E-state index is -1.03. The summed E-state index contributed by atoms with van der Waals surface area (Å²) in [5, 5.41) is 22.6. The molecule has 17 heavy (non-hydrogen) atoms. The average Bonchev–Trinajstić information content (AvgIpc) is 2.81. The molecular weight excluding hydrogens is 220 g/mol. The molecule has 0 aliphatic carbocycles. The van der Waals surface area contributed by atoms with E-state index in [1.165, 1.54) is 0 Å². The maximum atomic E-state index is 10.6. The summed E-state index contributed by atoms with van der Waals surface area (Å²) in [6.07, 6.45) is 2.01. The fourth-order valence-electron chi connectivity index (χ4n) is 1.66. The van der Waals surface area contributed by atoms with Crippen LogP contribution in [-0.4, -0.2) is 26.0 Å².